The van der Waals surface area contributed by atoms with Gasteiger partial charge in [-0.3, -0.25) is 0 Å². The van der Waals surface area contributed by atoms with Gasteiger partial charge in [0.1, 0.15) is 12.7 Å². The summed E-state index contributed by atoms with van der Waals surface area (Å²) in [5.41, 5.74) is 4.78. The fourth-order valence-corrected chi connectivity index (χ4v) is 3.85. The highest BCUT2D eigenvalue weighted by atomic mass is 16.5. The number of carbonyl (C=O) groups is 1. The number of benzene rings is 2. The van der Waals surface area contributed by atoms with Gasteiger partial charge in [0.25, 0.3) is 0 Å². The Morgan fingerprint density at radius 3 is 2.28 bits per heavy atom. The zero-order chi connectivity index (χ0) is 17.4. The smallest absolute Gasteiger partial charge is 0.407 e. The number of rotatable bonds is 4. The fraction of sp³-hybridized carbons (Fsp3) is 0.350. The molecular weight excluding hydrogens is 318 g/mol. The van der Waals surface area contributed by atoms with Crippen LogP contribution in [0.2, 0.25) is 0 Å². The molecular formula is C20H21NO4. The van der Waals surface area contributed by atoms with Crippen molar-refractivity contribution in [2.45, 2.75) is 30.6 Å². The average Bonchev–Trinajstić information content (AvgIpc) is 2.94. The summed E-state index contributed by atoms with van der Waals surface area (Å²) in [6.45, 7) is 0.285. The second-order valence-corrected chi connectivity index (χ2v) is 6.58. The molecule has 0 spiro atoms. The molecule has 4 rings (SSSR count). The molecule has 0 bridgehead atoms. The molecule has 0 radical (unpaired) electrons. The van der Waals surface area contributed by atoms with Crippen molar-refractivity contribution in [3.8, 4) is 11.1 Å². The largest absolute Gasteiger partial charge is 0.449 e. The van der Waals surface area contributed by atoms with E-state index in [1.165, 1.54) is 29.4 Å². The van der Waals surface area contributed by atoms with Gasteiger partial charge in [-0.05, 0) is 28.7 Å². The first-order valence-corrected chi connectivity index (χ1v) is 8.51. The molecule has 0 aromatic heterocycles. The lowest BCUT2D eigenvalue weighted by atomic mass is 9.85. The normalized spacial score (nSPS) is 24.2. The number of hydrogen-bond donors (Lipinski definition) is 2. The number of aliphatic hydroxyl groups excluding tert-OH is 1. The minimum atomic E-state index is -0.524. The highest BCUT2D eigenvalue weighted by Gasteiger charge is 2.41. The van der Waals surface area contributed by atoms with E-state index in [1.807, 2.05) is 24.3 Å². The number of carbonyl (C=O) groups excluding carboxylic acids is 1. The molecule has 3 atom stereocenters. The number of fused-ring (bicyclic) bond motifs is 3. The Bertz CT molecular complexity index is 745. The van der Waals surface area contributed by atoms with Crippen LogP contribution in [0.5, 0.6) is 0 Å². The van der Waals surface area contributed by atoms with E-state index in [0.717, 1.165) is 0 Å². The Labute approximate surface area is 146 Å². The van der Waals surface area contributed by atoms with Gasteiger partial charge >= 0.3 is 6.09 Å². The summed E-state index contributed by atoms with van der Waals surface area (Å²) in [7, 11) is 1.53. The van der Waals surface area contributed by atoms with Crippen LogP contribution in [-0.4, -0.2) is 43.2 Å². The van der Waals surface area contributed by atoms with E-state index in [2.05, 4.69) is 29.6 Å². The van der Waals surface area contributed by atoms with Gasteiger partial charge in [-0.2, -0.15) is 0 Å². The van der Waals surface area contributed by atoms with Crippen molar-refractivity contribution in [3.05, 3.63) is 59.7 Å². The highest BCUT2D eigenvalue weighted by molar-refractivity contribution is 5.79. The van der Waals surface area contributed by atoms with Crippen molar-refractivity contribution in [3.63, 3.8) is 0 Å². The number of amides is 1. The van der Waals surface area contributed by atoms with Crippen molar-refractivity contribution in [2.24, 2.45) is 0 Å². The lowest BCUT2D eigenvalue weighted by Crippen LogP contribution is -2.60. The Hall–Kier alpha value is -2.37. The Morgan fingerprint density at radius 2 is 1.72 bits per heavy atom. The van der Waals surface area contributed by atoms with Gasteiger partial charge in [0.15, 0.2) is 0 Å². The molecule has 2 N–H and O–H groups in total. The summed E-state index contributed by atoms with van der Waals surface area (Å²) < 4.78 is 10.6. The molecule has 2 aliphatic carbocycles. The van der Waals surface area contributed by atoms with Crippen LogP contribution in [0, 0.1) is 0 Å². The van der Waals surface area contributed by atoms with Crippen LogP contribution in [0.1, 0.15) is 23.5 Å². The zero-order valence-electron chi connectivity index (χ0n) is 14.0. The van der Waals surface area contributed by atoms with Gasteiger partial charge in [0.2, 0.25) is 0 Å². The monoisotopic (exact) mass is 339 g/mol. The second kappa shape index (κ2) is 6.50. The van der Waals surface area contributed by atoms with E-state index in [1.54, 1.807) is 0 Å². The molecule has 2 aromatic rings. The number of nitrogens with one attached hydrogen (secondary N) is 1. The van der Waals surface area contributed by atoms with Gasteiger partial charge in [0.05, 0.1) is 12.1 Å². The molecule has 0 aliphatic heterocycles. The maximum absolute atomic E-state index is 12.1. The lowest BCUT2D eigenvalue weighted by molar-refractivity contribution is -0.0997. The summed E-state index contributed by atoms with van der Waals surface area (Å²) in [5.74, 6) is 0.0448. The van der Waals surface area contributed by atoms with Crippen LogP contribution >= 0.6 is 0 Å². The molecule has 5 nitrogen and oxygen atoms in total. The first-order chi connectivity index (χ1) is 12.2. The van der Waals surface area contributed by atoms with Gasteiger partial charge < -0.3 is 19.9 Å². The molecule has 0 saturated heterocycles. The number of hydrogen-bond acceptors (Lipinski definition) is 4. The van der Waals surface area contributed by atoms with E-state index < -0.39 is 12.2 Å². The molecule has 0 heterocycles. The van der Waals surface area contributed by atoms with Crippen LogP contribution < -0.4 is 5.32 Å². The maximum atomic E-state index is 12.1. The molecule has 5 heteroatoms. The summed E-state index contributed by atoms with van der Waals surface area (Å²) in [6, 6.07) is 16.3. The summed E-state index contributed by atoms with van der Waals surface area (Å²) in [6.07, 6.45) is -0.868. The third kappa shape index (κ3) is 2.79. The minimum absolute atomic E-state index is 0.0448. The first kappa shape index (κ1) is 16.1. The summed E-state index contributed by atoms with van der Waals surface area (Å²) >= 11 is 0. The average molecular weight is 339 g/mol. The van der Waals surface area contributed by atoms with Crippen molar-refractivity contribution < 1.29 is 19.4 Å². The number of methoxy groups -OCH3 is 1. The van der Waals surface area contributed by atoms with Gasteiger partial charge in [0, 0.05) is 13.0 Å². The molecule has 2 aromatic carbocycles. The molecule has 130 valence electrons. The van der Waals surface area contributed by atoms with Gasteiger partial charge in [-0.15, -0.1) is 0 Å². The minimum Gasteiger partial charge on any atom is -0.449 e. The van der Waals surface area contributed by atoms with Crippen molar-refractivity contribution in [2.75, 3.05) is 13.7 Å². The molecule has 25 heavy (non-hydrogen) atoms. The standard InChI is InChI=1S/C20H21NO4/c1-24-19-17(10-18(19)22)21-20(23)25-11-16-14-8-4-2-6-12(14)13-7-3-5-9-15(13)16/h2-9,16-19,22H,10-11H2,1H3,(H,21,23)/t17?,18-,19-/m0/s1. The molecule has 1 unspecified atom stereocenters. The van der Waals surface area contributed by atoms with Gasteiger partial charge in [-0.1, -0.05) is 48.5 Å². The number of ether oxygens (including phenoxy) is 2. The molecule has 1 amide bonds. The van der Waals surface area contributed by atoms with Crippen molar-refractivity contribution in [1.82, 2.24) is 5.32 Å². The predicted molar refractivity (Wildman–Crippen MR) is 93.4 cm³/mol. The van der Waals surface area contributed by atoms with E-state index >= 15 is 0 Å². The molecule has 2 aliphatic rings. The molecule has 1 saturated carbocycles. The highest BCUT2D eigenvalue weighted by Crippen LogP contribution is 2.44. The summed E-state index contributed by atoms with van der Waals surface area (Å²) in [4.78, 5) is 12.1. The lowest BCUT2D eigenvalue weighted by Gasteiger charge is -2.40. The van der Waals surface area contributed by atoms with Crippen LogP contribution in [0.15, 0.2) is 48.5 Å². The van der Waals surface area contributed by atoms with Crippen molar-refractivity contribution >= 4 is 6.09 Å². The van der Waals surface area contributed by atoms with Crippen molar-refractivity contribution in [1.29, 1.82) is 0 Å². The summed E-state index contributed by atoms with van der Waals surface area (Å²) in [5, 5.41) is 12.4. The van der Waals surface area contributed by atoms with Crippen LogP contribution in [0.4, 0.5) is 4.79 Å². The van der Waals surface area contributed by atoms with E-state index in [-0.39, 0.29) is 24.7 Å². The number of aliphatic hydroxyl groups is 1. The third-order valence-corrected chi connectivity index (χ3v) is 5.19. The third-order valence-electron chi connectivity index (χ3n) is 5.19. The second-order valence-electron chi connectivity index (χ2n) is 6.58. The Kier molecular flexibility index (Phi) is 4.19. The van der Waals surface area contributed by atoms with E-state index in [4.69, 9.17) is 9.47 Å². The Balaban J connectivity index is 1.44. The topological polar surface area (TPSA) is 67.8 Å². The predicted octanol–water partition coefficient (Wildman–Crippen LogP) is 2.67. The quantitative estimate of drug-likeness (QED) is 0.899. The SMILES string of the molecule is CO[C@H]1C(NC(=O)OCC2c3ccccc3-c3ccccc32)C[C@@H]1O. The van der Waals surface area contributed by atoms with Crippen LogP contribution in [0.3, 0.4) is 0 Å². The number of alkyl carbamates (subject to hydrolysis) is 1. The first-order valence-electron chi connectivity index (χ1n) is 8.51. The molecule has 1 fully saturated rings. The fourth-order valence-electron chi connectivity index (χ4n) is 3.85. The zero-order valence-corrected chi connectivity index (χ0v) is 14.0. The van der Waals surface area contributed by atoms with E-state index in [0.29, 0.717) is 6.42 Å². The van der Waals surface area contributed by atoms with Crippen LogP contribution in [0.25, 0.3) is 11.1 Å². The van der Waals surface area contributed by atoms with Crippen LogP contribution in [-0.2, 0) is 9.47 Å². The van der Waals surface area contributed by atoms with Gasteiger partial charge in [-0.25, -0.2) is 4.79 Å². The Morgan fingerprint density at radius 1 is 1.12 bits per heavy atom. The maximum Gasteiger partial charge on any atom is 0.407 e. The van der Waals surface area contributed by atoms with E-state index in [9.17, 15) is 9.90 Å².